The fraction of sp³-hybridized carbons (Fsp3) is 0.552. The Kier molecular flexibility index (Phi) is 7.63. The first-order chi connectivity index (χ1) is 20.2. The van der Waals surface area contributed by atoms with Gasteiger partial charge in [-0.15, -0.1) is 0 Å². The van der Waals surface area contributed by atoms with Crippen LogP contribution in [-0.4, -0.2) is 102 Å². The Morgan fingerprint density at radius 1 is 1.05 bits per heavy atom. The molecule has 0 radical (unpaired) electrons. The summed E-state index contributed by atoms with van der Waals surface area (Å²) in [5.41, 5.74) is -0.563. The van der Waals surface area contributed by atoms with Gasteiger partial charge in [-0.1, -0.05) is 6.07 Å². The Labute approximate surface area is 246 Å². The van der Waals surface area contributed by atoms with Gasteiger partial charge in [0.05, 0.1) is 18.1 Å². The zero-order valence-electron chi connectivity index (χ0n) is 24.3. The lowest BCUT2D eigenvalue weighted by atomic mass is 9.50. The lowest BCUT2D eigenvalue weighted by Crippen LogP contribution is -2.74. The maximum atomic E-state index is 13.6. The third kappa shape index (κ3) is 4.68. The Morgan fingerprint density at radius 3 is 2.30 bits per heavy atom. The molecule has 2 N–H and O–H groups in total. The van der Waals surface area contributed by atoms with Crippen molar-refractivity contribution in [3.05, 3.63) is 35.1 Å². The van der Waals surface area contributed by atoms with Gasteiger partial charge in [-0.2, -0.15) is 0 Å². The number of piperidine rings is 1. The highest BCUT2D eigenvalue weighted by molar-refractivity contribution is 5.90. The van der Waals surface area contributed by atoms with E-state index in [1.54, 1.807) is 6.07 Å². The number of carbonyl (C=O) groups is 5. The summed E-state index contributed by atoms with van der Waals surface area (Å²) in [5.74, 6) is -5.44. The molecule has 5 rings (SSSR count). The van der Waals surface area contributed by atoms with Crippen LogP contribution in [0.25, 0.3) is 0 Å². The molecule has 1 aromatic rings. The molecule has 1 spiro atoms. The molecule has 2 bridgehead atoms. The van der Waals surface area contributed by atoms with Crippen molar-refractivity contribution < 1.29 is 62.6 Å². The number of carboxylic acid groups (broad SMARTS) is 1. The largest absolute Gasteiger partial charge is 0.493 e. The first kappa shape index (κ1) is 30.3. The van der Waals surface area contributed by atoms with E-state index in [1.165, 1.54) is 13.2 Å². The molecular formula is C29H33NO13. The molecule has 2 heterocycles. The molecular weight excluding hydrogens is 570 g/mol. The van der Waals surface area contributed by atoms with E-state index in [4.69, 9.17) is 33.5 Å². The van der Waals surface area contributed by atoms with Crippen LogP contribution in [0.1, 0.15) is 44.7 Å². The predicted octanol–water partition coefficient (Wildman–Crippen LogP) is 0.396. The number of carboxylic acids is 1. The zero-order chi connectivity index (χ0) is 31.4. The quantitative estimate of drug-likeness (QED) is 0.292. The minimum absolute atomic E-state index is 0.00456. The monoisotopic (exact) mass is 603 g/mol. The SMILES string of the molecule is COc1ccc2c3c1OC1C(OC(=O)[C@H](OC(C)=O)[C@@H](OC(C)=O)C(=O)O[C@@H](C)C(=O)O)=CC[C@@]4(O)[C@@H](C2)N(C)CCC314. The molecule has 2 aliphatic carbocycles. The summed E-state index contributed by atoms with van der Waals surface area (Å²) in [6, 6.07) is 3.45. The number of hydrogen-bond donors (Lipinski definition) is 2. The summed E-state index contributed by atoms with van der Waals surface area (Å²) in [7, 11) is 3.44. The number of carbonyl (C=O) groups excluding carboxylic acids is 4. The summed E-state index contributed by atoms with van der Waals surface area (Å²) in [6.07, 6.45) is -4.37. The lowest BCUT2D eigenvalue weighted by Gasteiger charge is -2.61. The molecule has 14 nitrogen and oxygen atoms in total. The number of ether oxygens (including phenoxy) is 6. The van der Waals surface area contributed by atoms with Gasteiger partial charge < -0.3 is 43.5 Å². The second kappa shape index (κ2) is 10.8. The van der Waals surface area contributed by atoms with Gasteiger partial charge in [-0.25, -0.2) is 14.4 Å². The van der Waals surface area contributed by atoms with E-state index < -0.39 is 65.3 Å². The molecule has 2 aliphatic heterocycles. The van der Waals surface area contributed by atoms with Crippen LogP contribution in [0.5, 0.6) is 11.5 Å². The molecule has 0 aromatic heterocycles. The number of hydrogen-bond acceptors (Lipinski definition) is 13. The van der Waals surface area contributed by atoms with Gasteiger partial charge in [-0.3, -0.25) is 9.59 Å². The van der Waals surface area contributed by atoms with Crippen molar-refractivity contribution in [3.8, 4) is 11.5 Å². The molecule has 1 aromatic carbocycles. The molecule has 1 saturated heterocycles. The van der Waals surface area contributed by atoms with Crippen molar-refractivity contribution in [2.45, 2.75) is 81.5 Å². The number of aliphatic hydroxyl groups is 1. The van der Waals surface area contributed by atoms with Crippen LogP contribution >= 0.6 is 0 Å². The van der Waals surface area contributed by atoms with Crippen LogP contribution in [0.2, 0.25) is 0 Å². The Bertz CT molecular complexity index is 1420. The van der Waals surface area contributed by atoms with Crippen molar-refractivity contribution >= 4 is 29.8 Å². The standard InChI is InChI=1S/C29H33NO13/c1-13(25(33)34)39-26(35)22(40-14(2)31)23(41-15(3)32)27(36)42-18-8-9-29(37)19-12-16-6-7-17(38-5)21-20(16)28(29,24(18)43-21)10-11-30(19)4/h6-8,13,19,22-24,37H,9-12H2,1-5H3,(H,33,34)/t13-,19+,22+,23+,24?,28?,29+/m0/s1. The molecule has 0 amide bonds. The highest BCUT2D eigenvalue weighted by Gasteiger charge is 2.72. The molecule has 4 aliphatic rings. The first-order valence-corrected chi connectivity index (χ1v) is 13.7. The van der Waals surface area contributed by atoms with Gasteiger partial charge in [-0.05, 0) is 51.1 Å². The number of likely N-dealkylation sites (N-methyl/N-ethyl adjacent to an activating group) is 1. The van der Waals surface area contributed by atoms with E-state index in [-0.39, 0.29) is 18.2 Å². The van der Waals surface area contributed by atoms with Gasteiger partial charge in [0.2, 0.25) is 12.2 Å². The fourth-order valence-electron chi connectivity index (χ4n) is 6.88. The minimum atomic E-state index is -2.18. The molecule has 14 heteroatoms. The van der Waals surface area contributed by atoms with Crippen LogP contribution < -0.4 is 9.47 Å². The molecule has 7 atom stereocenters. The summed E-state index contributed by atoms with van der Waals surface area (Å²) >= 11 is 0. The van der Waals surface area contributed by atoms with E-state index in [9.17, 15) is 29.1 Å². The lowest BCUT2D eigenvalue weighted by molar-refractivity contribution is -0.194. The van der Waals surface area contributed by atoms with E-state index in [1.807, 2.05) is 13.1 Å². The van der Waals surface area contributed by atoms with Crippen LogP contribution in [-0.2, 0) is 54.8 Å². The zero-order valence-corrected chi connectivity index (χ0v) is 24.3. The summed E-state index contributed by atoms with van der Waals surface area (Å²) < 4.78 is 32.6. The van der Waals surface area contributed by atoms with Crippen molar-refractivity contribution in [2.24, 2.45) is 0 Å². The number of esters is 4. The van der Waals surface area contributed by atoms with Gasteiger partial charge in [0.15, 0.2) is 23.7 Å². The predicted molar refractivity (Wildman–Crippen MR) is 142 cm³/mol. The third-order valence-electron chi connectivity index (χ3n) is 8.74. The molecule has 0 saturated carbocycles. The van der Waals surface area contributed by atoms with Gasteiger partial charge in [0, 0.05) is 31.9 Å². The number of likely N-dealkylation sites (tertiary alicyclic amines) is 1. The average Bonchev–Trinajstić information content (AvgIpc) is 3.29. The second-order valence-corrected chi connectivity index (χ2v) is 11.2. The van der Waals surface area contributed by atoms with E-state index in [0.717, 1.165) is 31.9 Å². The second-order valence-electron chi connectivity index (χ2n) is 11.2. The van der Waals surface area contributed by atoms with Crippen molar-refractivity contribution in [2.75, 3.05) is 20.7 Å². The molecule has 2 unspecified atom stereocenters. The van der Waals surface area contributed by atoms with E-state index in [0.29, 0.717) is 30.9 Å². The van der Waals surface area contributed by atoms with E-state index >= 15 is 0 Å². The Balaban J connectivity index is 1.52. The first-order valence-electron chi connectivity index (χ1n) is 13.7. The maximum absolute atomic E-state index is 13.6. The van der Waals surface area contributed by atoms with E-state index in [2.05, 4.69) is 4.90 Å². The maximum Gasteiger partial charge on any atom is 0.357 e. The average molecular weight is 604 g/mol. The highest BCUT2D eigenvalue weighted by Crippen LogP contribution is 2.65. The van der Waals surface area contributed by atoms with Crippen LogP contribution in [0.15, 0.2) is 24.0 Å². The fourth-order valence-corrected chi connectivity index (χ4v) is 6.88. The van der Waals surface area contributed by atoms with Gasteiger partial charge in [0.1, 0.15) is 5.76 Å². The number of rotatable bonds is 9. The summed E-state index contributed by atoms with van der Waals surface area (Å²) in [5, 5.41) is 21.5. The summed E-state index contributed by atoms with van der Waals surface area (Å²) in [4.78, 5) is 63.7. The van der Waals surface area contributed by atoms with Crippen molar-refractivity contribution in [1.29, 1.82) is 0 Å². The number of nitrogens with zero attached hydrogens (tertiary/aromatic N) is 1. The van der Waals surface area contributed by atoms with Crippen LogP contribution in [0.3, 0.4) is 0 Å². The van der Waals surface area contributed by atoms with Crippen LogP contribution in [0.4, 0.5) is 0 Å². The van der Waals surface area contributed by atoms with Crippen LogP contribution in [0, 0.1) is 0 Å². The molecule has 1 fully saturated rings. The van der Waals surface area contributed by atoms with Crippen molar-refractivity contribution in [1.82, 2.24) is 4.90 Å². The normalized spacial score (nSPS) is 28.6. The molecule has 43 heavy (non-hydrogen) atoms. The third-order valence-corrected chi connectivity index (χ3v) is 8.74. The Morgan fingerprint density at radius 2 is 1.70 bits per heavy atom. The number of aliphatic carboxylic acids is 1. The smallest absolute Gasteiger partial charge is 0.357 e. The summed E-state index contributed by atoms with van der Waals surface area (Å²) in [6.45, 7) is 3.56. The highest BCUT2D eigenvalue weighted by atomic mass is 16.6. The number of benzene rings is 1. The molecule has 232 valence electrons. The van der Waals surface area contributed by atoms with Gasteiger partial charge >= 0.3 is 29.8 Å². The Hall–Kier alpha value is -4.17. The minimum Gasteiger partial charge on any atom is -0.493 e. The van der Waals surface area contributed by atoms with Gasteiger partial charge in [0.25, 0.3) is 0 Å². The van der Waals surface area contributed by atoms with Crippen molar-refractivity contribution in [3.63, 3.8) is 0 Å². The number of methoxy groups -OCH3 is 1. The topological polar surface area (TPSA) is 184 Å².